The molecular weight excluding hydrogens is 270 g/mol. The van der Waals surface area contributed by atoms with Crippen molar-refractivity contribution in [3.05, 3.63) is 51.5 Å². The van der Waals surface area contributed by atoms with Gasteiger partial charge in [-0.05, 0) is 24.6 Å². The molecule has 3 N–H and O–H groups in total. The molecule has 102 valence electrons. The van der Waals surface area contributed by atoms with Crippen LogP contribution in [0.5, 0.6) is 0 Å². The fourth-order valence-electron chi connectivity index (χ4n) is 1.75. The van der Waals surface area contributed by atoms with Gasteiger partial charge in [0.15, 0.2) is 0 Å². The van der Waals surface area contributed by atoms with Gasteiger partial charge in [0.1, 0.15) is 5.01 Å². The van der Waals surface area contributed by atoms with Crippen molar-refractivity contribution in [3.63, 3.8) is 0 Å². The van der Waals surface area contributed by atoms with Crippen LogP contribution in [-0.4, -0.2) is 17.4 Å². The highest BCUT2D eigenvalue weighted by atomic mass is 32.1. The zero-order chi connectivity index (χ0) is 14.4. The number of amides is 1. The summed E-state index contributed by atoms with van der Waals surface area (Å²) in [6.07, 6.45) is 1.72. The van der Waals surface area contributed by atoms with Gasteiger partial charge < -0.3 is 11.1 Å². The van der Waals surface area contributed by atoms with Crippen molar-refractivity contribution >= 4 is 17.2 Å². The van der Waals surface area contributed by atoms with Gasteiger partial charge in [-0.1, -0.05) is 17.9 Å². The molecule has 0 bridgehead atoms. The van der Waals surface area contributed by atoms with Crippen molar-refractivity contribution < 1.29 is 4.79 Å². The highest BCUT2D eigenvalue weighted by molar-refractivity contribution is 7.09. The van der Waals surface area contributed by atoms with Crippen LogP contribution in [0.25, 0.3) is 0 Å². The van der Waals surface area contributed by atoms with E-state index in [0.29, 0.717) is 18.7 Å². The first kappa shape index (κ1) is 14.3. The van der Waals surface area contributed by atoms with Gasteiger partial charge in [0.25, 0.3) is 5.91 Å². The van der Waals surface area contributed by atoms with E-state index in [1.807, 2.05) is 24.4 Å². The second-order valence-corrected chi connectivity index (χ2v) is 5.07. The zero-order valence-electron chi connectivity index (χ0n) is 11.1. The Labute approximate surface area is 122 Å². The number of nitrogens with one attached hydrogen (secondary N) is 1. The van der Waals surface area contributed by atoms with Gasteiger partial charge in [-0.3, -0.25) is 4.79 Å². The maximum atomic E-state index is 12.2. The molecular formula is C15H15N3OS. The number of nitrogens with two attached hydrogens (primary N) is 1. The molecule has 0 radical (unpaired) electrons. The van der Waals surface area contributed by atoms with Gasteiger partial charge >= 0.3 is 0 Å². The van der Waals surface area contributed by atoms with E-state index in [0.717, 1.165) is 16.1 Å². The summed E-state index contributed by atoms with van der Waals surface area (Å²) >= 11 is 1.52. The topological polar surface area (TPSA) is 68.0 Å². The molecule has 0 fully saturated rings. The number of thiazole rings is 1. The Hall–Kier alpha value is -2.16. The van der Waals surface area contributed by atoms with Crippen molar-refractivity contribution in [1.82, 2.24) is 10.3 Å². The third-order valence-electron chi connectivity index (χ3n) is 2.79. The number of aromatic nitrogens is 1. The van der Waals surface area contributed by atoms with Gasteiger partial charge in [0.2, 0.25) is 0 Å². The maximum absolute atomic E-state index is 12.2. The minimum absolute atomic E-state index is 0.117. The highest BCUT2D eigenvalue weighted by Gasteiger charge is 2.10. The van der Waals surface area contributed by atoms with Crippen LogP contribution in [0, 0.1) is 18.8 Å². The largest absolute Gasteiger partial charge is 0.346 e. The van der Waals surface area contributed by atoms with Crippen molar-refractivity contribution in [3.8, 4) is 11.8 Å². The van der Waals surface area contributed by atoms with Crippen LogP contribution in [0.3, 0.4) is 0 Å². The van der Waals surface area contributed by atoms with E-state index in [9.17, 15) is 4.79 Å². The molecule has 0 aliphatic carbocycles. The van der Waals surface area contributed by atoms with E-state index in [4.69, 9.17) is 5.73 Å². The van der Waals surface area contributed by atoms with E-state index in [-0.39, 0.29) is 5.91 Å². The maximum Gasteiger partial charge on any atom is 0.251 e. The fraction of sp³-hybridized carbons (Fsp3) is 0.200. The first-order valence-corrected chi connectivity index (χ1v) is 7.05. The summed E-state index contributed by atoms with van der Waals surface area (Å²) in [5.41, 5.74) is 7.69. The normalized spacial score (nSPS) is 9.70. The van der Waals surface area contributed by atoms with Crippen molar-refractivity contribution in [1.29, 1.82) is 0 Å². The van der Waals surface area contributed by atoms with Crippen LogP contribution in [0.15, 0.2) is 29.8 Å². The van der Waals surface area contributed by atoms with Gasteiger partial charge in [-0.25, -0.2) is 4.98 Å². The molecule has 4 nitrogen and oxygen atoms in total. The van der Waals surface area contributed by atoms with E-state index in [2.05, 4.69) is 22.1 Å². The number of hydrogen-bond donors (Lipinski definition) is 2. The second kappa shape index (κ2) is 6.85. The van der Waals surface area contributed by atoms with E-state index in [1.54, 1.807) is 12.3 Å². The van der Waals surface area contributed by atoms with Crippen molar-refractivity contribution in [2.45, 2.75) is 13.5 Å². The summed E-state index contributed by atoms with van der Waals surface area (Å²) in [7, 11) is 0. The third-order valence-corrected chi connectivity index (χ3v) is 3.57. The molecule has 2 rings (SSSR count). The predicted octanol–water partition coefficient (Wildman–Crippen LogP) is 1.69. The SMILES string of the molecule is Cc1c(C#CCN)cccc1C(=O)NCc1nccs1. The van der Waals surface area contributed by atoms with Crippen LogP contribution >= 0.6 is 11.3 Å². The average molecular weight is 285 g/mol. The minimum Gasteiger partial charge on any atom is -0.346 e. The lowest BCUT2D eigenvalue weighted by molar-refractivity contribution is 0.0950. The van der Waals surface area contributed by atoms with Gasteiger partial charge in [-0.15, -0.1) is 11.3 Å². The molecule has 0 aliphatic rings. The Balaban J connectivity index is 2.13. The Morgan fingerprint density at radius 3 is 3.05 bits per heavy atom. The molecule has 5 heteroatoms. The molecule has 0 unspecified atom stereocenters. The number of carbonyl (C=O) groups excluding carboxylic acids is 1. The van der Waals surface area contributed by atoms with E-state index in [1.165, 1.54) is 11.3 Å². The number of benzene rings is 1. The Morgan fingerprint density at radius 2 is 2.35 bits per heavy atom. The standard InChI is InChI=1S/C15H15N3OS/c1-11-12(5-3-7-16)4-2-6-13(11)15(19)18-10-14-17-8-9-20-14/h2,4,6,8-9H,7,10,16H2,1H3,(H,18,19). The van der Waals surface area contributed by atoms with Crippen molar-refractivity contribution in [2.75, 3.05) is 6.54 Å². The smallest absolute Gasteiger partial charge is 0.251 e. The fourth-order valence-corrected chi connectivity index (χ4v) is 2.31. The number of carbonyl (C=O) groups is 1. The molecule has 1 aromatic heterocycles. The van der Waals surface area contributed by atoms with Gasteiger partial charge in [0.05, 0.1) is 13.1 Å². The summed E-state index contributed by atoms with van der Waals surface area (Å²) in [6.45, 7) is 2.63. The zero-order valence-corrected chi connectivity index (χ0v) is 12.0. The monoisotopic (exact) mass is 285 g/mol. The first-order valence-electron chi connectivity index (χ1n) is 6.17. The third kappa shape index (κ3) is 3.44. The van der Waals surface area contributed by atoms with Crippen LogP contribution in [0.2, 0.25) is 0 Å². The predicted molar refractivity (Wildman–Crippen MR) is 80.4 cm³/mol. The van der Waals surface area contributed by atoms with Gasteiger partial charge in [0, 0.05) is 22.7 Å². The molecule has 1 amide bonds. The summed E-state index contributed by atoms with van der Waals surface area (Å²) in [4.78, 5) is 16.3. The summed E-state index contributed by atoms with van der Waals surface area (Å²) in [6, 6.07) is 5.50. The molecule has 1 heterocycles. The van der Waals surface area contributed by atoms with Crippen LogP contribution in [0.1, 0.15) is 26.5 Å². The van der Waals surface area contributed by atoms with Crippen LogP contribution in [0.4, 0.5) is 0 Å². The Kier molecular flexibility index (Phi) is 4.88. The van der Waals surface area contributed by atoms with Crippen LogP contribution in [-0.2, 0) is 6.54 Å². The molecule has 0 spiro atoms. The lowest BCUT2D eigenvalue weighted by Crippen LogP contribution is -2.23. The summed E-state index contributed by atoms with van der Waals surface area (Å²) in [5, 5.41) is 5.63. The summed E-state index contributed by atoms with van der Waals surface area (Å²) < 4.78 is 0. The second-order valence-electron chi connectivity index (χ2n) is 4.09. The molecule has 1 aromatic carbocycles. The highest BCUT2D eigenvalue weighted by Crippen LogP contribution is 2.13. The summed E-state index contributed by atoms with van der Waals surface area (Å²) in [5.74, 6) is 5.66. The van der Waals surface area contributed by atoms with E-state index >= 15 is 0 Å². The van der Waals surface area contributed by atoms with Crippen molar-refractivity contribution in [2.24, 2.45) is 5.73 Å². The molecule has 2 aromatic rings. The number of nitrogens with zero attached hydrogens (tertiary/aromatic N) is 1. The average Bonchev–Trinajstić information content (AvgIpc) is 2.97. The molecule has 0 atom stereocenters. The van der Waals surface area contributed by atoms with E-state index < -0.39 is 0 Å². The first-order chi connectivity index (χ1) is 9.72. The Bertz CT molecular complexity index is 653. The molecule has 0 saturated heterocycles. The number of rotatable bonds is 3. The van der Waals surface area contributed by atoms with Gasteiger partial charge in [-0.2, -0.15) is 0 Å². The van der Waals surface area contributed by atoms with Crippen LogP contribution < -0.4 is 11.1 Å². The lowest BCUT2D eigenvalue weighted by atomic mass is 10.0. The molecule has 20 heavy (non-hydrogen) atoms. The molecule has 0 saturated carbocycles. The quantitative estimate of drug-likeness (QED) is 0.843. The molecule has 0 aliphatic heterocycles. The lowest BCUT2D eigenvalue weighted by Gasteiger charge is -2.08. The minimum atomic E-state index is -0.117. The number of hydrogen-bond acceptors (Lipinski definition) is 4. The Morgan fingerprint density at radius 1 is 1.50 bits per heavy atom.